The van der Waals surface area contributed by atoms with Gasteiger partial charge < -0.3 is 0 Å². The van der Waals surface area contributed by atoms with E-state index in [0.29, 0.717) is 0 Å². The summed E-state index contributed by atoms with van der Waals surface area (Å²) in [6.45, 7) is 6.38. The van der Waals surface area contributed by atoms with Gasteiger partial charge in [-0.15, -0.1) is 4.67 Å². The monoisotopic (exact) mass is 442 g/mol. The highest BCUT2D eigenvalue weighted by Crippen LogP contribution is 2.51. The second kappa shape index (κ2) is 17.6. The smallest absolute Gasteiger partial charge is 0.278 e. The molecule has 0 radical (unpaired) electrons. The van der Waals surface area contributed by atoms with Crippen molar-refractivity contribution >= 4 is 7.82 Å². The molecule has 1 rings (SSSR count). The Labute approximate surface area is 174 Å². The first kappa shape index (κ1) is 26.9. The highest BCUT2D eigenvalue weighted by atomic mass is 31.2. The van der Waals surface area contributed by atoms with Crippen molar-refractivity contribution in [2.24, 2.45) is 5.92 Å². The van der Waals surface area contributed by atoms with Gasteiger partial charge in [0, 0.05) is 0 Å². The van der Waals surface area contributed by atoms with Gasteiger partial charge in [0.25, 0.3) is 0 Å². The summed E-state index contributed by atoms with van der Waals surface area (Å²) in [7, 11) is -4.09. The van der Waals surface area contributed by atoms with E-state index in [9.17, 15) is 4.57 Å². The summed E-state index contributed by atoms with van der Waals surface area (Å²) in [6, 6.07) is 0. The van der Waals surface area contributed by atoms with E-state index in [1.54, 1.807) is 6.92 Å². The normalized spacial score (nSPS) is 23.7. The molecule has 0 amide bonds. The van der Waals surface area contributed by atoms with E-state index in [4.69, 9.17) is 14.1 Å². The maximum atomic E-state index is 12.2. The van der Waals surface area contributed by atoms with Gasteiger partial charge in [0.15, 0.2) is 0 Å². The molecule has 1 heterocycles. The third kappa shape index (κ3) is 16.3. The molecule has 0 saturated carbocycles. The third-order valence-electron chi connectivity index (χ3n) is 4.49. The fourth-order valence-corrected chi connectivity index (χ4v) is 3.81. The van der Waals surface area contributed by atoms with Crippen LogP contribution in [0.25, 0.3) is 0 Å². The lowest BCUT2D eigenvalue weighted by atomic mass is 10.0. The second-order valence-corrected chi connectivity index (χ2v) is 9.30. The van der Waals surface area contributed by atoms with Gasteiger partial charge in [-0.2, -0.15) is 0 Å². The Morgan fingerprint density at radius 2 is 1.45 bits per heavy atom. The fourth-order valence-electron chi connectivity index (χ4n) is 2.91. The molecule has 29 heavy (non-hydrogen) atoms. The van der Waals surface area contributed by atoms with Crippen LogP contribution >= 0.6 is 7.82 Å². The Bertz CT molecular complexity index is 422. The Balaban J connectivity index is 1.89. The molecule has 0 aromatic rings. The SMILES string of the molecule is CC(C)CCCCCCCCCCCCCOOP1(=O)OOOOOCC(C)O1. The molecule has 0 N–H and O–H groups in total. The summed E-state index contributed by atoms with van der Waals surface area (Å²) in [5, 5.41) is 12.2. The summed E-state index contributed by atoms with van der Waals surface area (Å²) < 4.78 is 26.4. The van der Waals surface area contributed by atoms with Crippen molar-refractivity contribution in [1.29, 1.82) is 0 Å². The molecular weight excluding hydrogens is 403 g/mol. The Hall–Kier alpha value is -0.0900. The van der Waals surface area contributed by atoms with Crippen LogP contribution < -0.4 is 0 Å². The first-order valence-corrected chi connectivity index (χ1v) is 12.4. The molecule has 1 aliphatic rings. The molecule has 10 heteroatoms. The Kier molecular flexibility index (Phi) is 16.3. The summed E-state index contributed by atoms with van der Waals surface area (Å²) in [6.07, 6.45) is 14.3. The lowest BCUT2D eigenvalue weighted by Crippen LogP contribution is -2.15. The molecule has 0 aromatic carbocycles. The first-order valence-electron chi connectivity index (χ1n) is 10.9. The van der Waals surface area contributed by atoms with Gasteiger partial charge in [0.05, 0.1) is 12.7 Å². The number of phosphoric acid groups is 1. The van der Waals surface area contributed by atoms with E-state index in [2.05, 4.69) is 38.5 Å². The molecule has 9 nitrogen and oxygen atoms in total. The molecule has 1 saturated heterocycles. The van der Waals surface area contributed by atoms with Crippen LogP contribution in [0.3, 0.4) is 0 Å². The minimum atomic E-state index is -4.09. The molecular formula is C19H39O9P. The minimum absolute atomic E-state index is 0.0573. The molecule has 2 unspecified atom stereocenters. The fraction of sp³-hybridized carbons (Fsp3) is 1.00. The van der Waals surface area contributed by atoms with Gasteiger partial charge in [-0.05, 0) is 34.4 Å². The van der Waals surface area contributed by atoms with Crippen molar-refractivity contribution in [2.75, 3.05) is 13.2 Å². The largest absolute Gasteiger partial charge is 0.532 e. The van der Waals surface area contributed by atoms with Crippen molar-refractivity contribution in [3.63, 3.8) is 0 Å². The van der Waals surface area contributed by atoms with E-state index in [-0.39, 0.29) is 13.2 Å². The van der Waals surface area contributed by atoms with Crippen molar-refractivity contribution in [3.05, 3.63) is 0 Å². The molecule has 0 aromatic heterocycles. The number of unbranched alkanes of at least 4 members (excludes halogenated alkanes) is 10. The summed E-state index contributed by atoms with van der Waals surface area (Å²) in [5.41, 5.74) is 0. The van der Waals surface area contributed by atoms with E-state index in [0.717, 1.165) is 25.2 Å². The zero-order chi connectivity index (χ0) is 21.2. The highest BCUT2D eigenvalue weighted by molar-refractivity contribution is 7.48. The molecule has 1 fully saturated rings. The quantitative estimate of drug-likeness (QED) is 0.114. The van der Waals surface area contributed by atoms with Gasteiger partial charge in [-0.3, -0.25) is 4.52 Å². The summed E-state index contributed by atoms with van der Waals surface area (Å²) >= 11 is 0. The number of hydrogen-bond acceptors (Lipinski definition) is 9. The molecule has 0 bridgehead atoms. The van der Waals surface area contributed by atoms with Crippen molar-refractivity contribution in [2.45, 2.75) is 104 Å². The number of hydrogen-bond donors (Lipinski definition) is 0. The summed E-state index contributed by atoms with van der Waals surface area (Å²) in [4.78, 5) is 9.46. The van der Waals surface area contributed by atoms with Crippen molar-refractivity contribution < 1.29 is 43.3 Å². The lowest BCUT2D eigenvalue weighted by Gasteiger charge is -2.16. The maximum Gasteiger partial charge on any atom is 0.532 e. The van der Waals surface area contributed by atoms with Gasteiger partial charge in [-0.1, -0.05) is 89.2 Å². The van der Waals surface area contributed by atoms with Crippen LogP contribution in [0, 0.1) is 5.92 Å². The Morgan fingerprint density at radius 3 is 2.07 bits per heavy atom. The predicted molar refractivity (Wildman–Crippen MR) is 106 cm³/mol. The second-order valence-electron chi connectivity index (χ2n) is 7.89. The summed E-state index contributed by atoms with van der Waals surface area (Å²) in [5.74, 6) is 0.834. The van der Waals surface area contributed by atoms with Gasteiger partial charge in [-0.25, -0.2) is 14.3 Å². The predicted octanol–water partition coefficient (Wildman–Crippen LogP) is 6.54. The maximum absolute atomic E-state index is 12.2. The molecule has 0 spiro atoms. The van der Waals surface area contributed by atoms with Gasteiger partial charge in [0.2, 0.25) is 0 Å². The minimum Gasteiger partial charge on any atom is -0.278 e. The van der Waals surface area contributed by atoms with Crippen molar-refractivity contribution in [3.8, 4) is 0 Å². The Morgan fingerprint density at radius 1 is 0.862 bits per heavy atom. The van der Waals surface area contributed by atoms with E-state index < -0.39 is 13.9 Å². The van der Waals surface area contributed by atoms with Crippen LogP contribution in [0.4, 0.5) is 0 Å². The van der Waals surface area contributed by atoms with Crippen LogP contribution in [0.1, 0.15) is 97.8 Å². The zero-order valence-corrected chi connectivity index (χ0v) is 19.1. The lowest BCUT2D eigenvalue weighted by molar-refractivity contribution is -0.692. The average molecular weight is 442 g/mol. The van der Waals surface area contributed by atoms with E-state index in [1.165, 1.54) is 57.8 Å². The molecule has 0 aliphatic carbocycles. The molecule has 2 atom stereocenters. The van der Waals surface area contributed by atoms with Crippen molar-refractivity contribution in [1.82, 2.24) is 0 Å². The topological polar surface area (TPSA) is 90.9 Å². The zero-order valence-electron chi connectivity index (χ0n) is 18.2. The van der Waals surface area contributed by atoms with Crippen LogP contribution in [-0.2, 0) is 43.3 Å². The van der Waals surface area contributed by atoms with E-state index >= 15 is 0 Å². The van der Waals surface area contributed by atoms with Crippen LogP contribution in [0.15, 0.2) is 0 Å². The molecule has 1 aliphatic heterocycles. The number of rotatable bonds is 16. The van der Waals surface area contributed by atoms with Gasteiger partial charge >= 0.3 is 7.82 Å². The van der Waals surface area contributed by atoms with Gasteiger partial charge in [0.1, 0.15) is 6.61 Å². The molecule has 174 valence electrons. The van der Waals surface area contributed by atoms with E-state index in [1.807, 2.05) is 0 Å². The van der Waals surface area contributed by atoms with Crippen LogP contribution in [-0.4, -0.2) is 19.3 Å². The average Bonchev–Trinajstić information content (AvgIpc) is 2.75. The third-order valence-corrected chi connectivity index (χ3v) is 5.64. The standard InChI is InChI=1S/C19H39O9P/c1-18(2)15-13-11-9-7-5-4-6-8-10-12-14-16-21-27-29(20)23-19(3)17-22-24-25-26-28-29/h18-19H,4-17H2,1-3H3. The van der Waals surface area contributed by atoms with Crippen LogP contribution in [0.5, 0.6) is 0 Å². The highest BCUT2D eigenvalue weighted by Gasteiger charge is 2.35. The first-order chi connectivity index (χ1) is 14.0. The van der Waals surface area contributed by atoms with Crippen LogP contribution in [0.2, 0.25) is 0 Å².